The van der Waals surface area contributed by atoms with Crippen LogP contribution in [0.15, 0.2) is 36.5 Å². The highest BCUT2D eigenvalue weighted by atomic mass is 19.4. The number of pyridine rings is 1. The number of fused-ring (bicyclic) bond motifs is 1. The van der Waals surface area contributed by atoms with Crippen LogP contribution in [0.5, 0.6) is 0 Å². The molecule has 1 saturated heterocycles. The lowest BCUT2D eigenvalue weighted by Gasteiger charge is -2.27. The van der Waals surface area contributed by atoms with E-state index in [2.05, 4.69) is 15.3 Å². The lowest BCUT2D eigenvalue weighted by Crippen LogP contribution is -2.47. The molecule has 0 unspecified atom stereocenters. The number of alkyl halides is 6. The highest BCUT2D eigenvalue weighted by molar-refractivity contribution is 5.80. The van der Waals surface area contributed by atoms with Crippen molar-refractivity contribution in [2.75, 3.05) is 26.2 Å². The SMILES string of the molecule is O=C(Cc1nc2cccnc2n1Cc1cc(C(F)(F)F)cc(C(F)(F)F)c1)N1CCNCC1. The van der Waals surface area contributed by atoms with Gasteiger partial charge in [-0.25, -0.2) is 9.97 Å². The number of hydrogen-bond donors (Lipinski definition) is 1. The van der Waals surface area contributed by atoms with Gasteiger partial charge in [0.1, 0.15) is 11.3 Å². The molecule has 1 aliphatic rings. The Balaban J connectivity index is 1.74. The number of imidazole rings is 1. The Hall–Kier alpha value is -3.15. The van der Waals surface area contributed by atoms with E-state index in [0.717, 1.165) is 0 Å². The van der Waals surface area contributed by atoms with E-state index in [0.29, 0.717) is 43.8 Å². The smallest absolute Gasteiger partial charge is 0.340 e. The van der Waals surface area contributed by atoms with E-state index in [4.69, 9.17) is 0 Å². The van der Waals surface area contributed by atoms with Gasteiger partial charge >= 0.3 is 12.4 Å². The lowest BCUT2D eigenvalue weighted by molar-refractivity contribution is -0.143. The maximum absolute atomic E-state index is 13.3. The van der Waals surface area contributed by atoms with Crippen LogP contribution < -0.4 is 5.32 Å². The molecule has 1 amide bonds. The van der Waals surface area contributed by atoms with Crippen LogP contribution in [0.2, 0.25) is 0 Å². The predicted octanol–water partition coefficient (Wildman–Crippen LogP) is 3.49. The third-order valence-electron chi connectivity index (χ3n) is 5.35. The quantitative estimate of drug-likeness (QED) is 0.592. The van der Waals surface area contributed by atoms with Crippen LogP contribution in [0, 0.1) is 0 Å². The van der Waals surface area contributed by atoms with Gasteiger partial charge in [-0.05, 0) is 35.9 Å². The van der Waals surface area contributed by atoms with E-state index in [1.54, 1.807) is 17.0 Å². The summed E-state index contributed by atoms with van der Waals surface area (Å²) in [5.41, 5.74) is -2.36. The summed E-state index contributed by atoms with van der Waals surface area (Å²) in [4.78, 5) is 22.9. The molecule has 1 N–H and O–H groups in total. The van der Waals surface area contributed by atoms with Gasteiger partial charge in [0.05, 0.1) is 24.1 Å². The van der Waals surface area contributed by atoms with E-state index in [9.17, 15) is 31.1 Å². The highest BCUT2D eigenvalue weighted by Crippen LogP contribution is 2.36. The van der Waals surface area contributed by atoms with Gasteiger partial charge in [0.2, 0.25) is 5.91 Å². The van der Waals surface area contributed by atoms with Crippen molar-refractivity contribution in [3.8, 4) is 0 Å². The first kappa shape index (κ1) is 23.0. The summed E-state index contributed by atoms with van der Waals surface area (Å²) in [6.45, 7) is 1.91. The first-order chi connectivity index (χ1) is 15.5. The fraction of sp³-hybridized carbons (Fsp3) is 0.381. The molecule has 0 bridgehead atoms. The van der Waals surface area contributed by atoms with E-state index in [1.165, 1.54) is 10.8 Å². The summed E-state index contributed by atoms with van der Waals surface area (Å²) >= 11 is 0. The number of nitrogens with zero attached hydrogens (tertiary/aromatic N) is 4. The Labute approximate surface area is 184 Å². The van der Waals surface area contributed by atoms with Crippen molar-refractivity contribution >= 4 is 17.1 Å². The second kappa shape index (κ2) is 8.65. The van der Waals surface area contributed by atoms with Crippen LogP contribution >= 0.6 is 0 Å². The summed E-state index contributed by atoms with van der Waals surface area (Å²) in [5.74, 6) is -0.00807. The molecular formula is C21H19F6N5O. The van der Waals surface area contributed by atoms with Gasteiger partial charge in [-0.15, -0.1) is 0 Å². The molecule has 0 atom stereocenters. The van der Waals surface area contributed by atoms with Crippen molar-refractivity contribution < 1.29 is 31.1 Å². The number of aromatic nitrogens is 3. The van der Waals surface area contributed by atoms with Gasteiger partial charge < -0.3 is 14.8 Å². The van der Waals surface area contributed by atoms with Crippen molar-refractivity contribution in [2.45, 2.75) is 25.3 Å². The minimum absolute atomic E-state index is 0.0859. The zero-order valence-electron chi connectivity index (χ0n) is 17.2. The van der Waals surface area contributed by atoms with E-state index >= 15 is 0 Å². The molecule has 3 aromatic rings. The Kier molecular flexibility index (Phi) is 6.04. The molecule has 0 saturated carbocycles. The monoisotopic (exact) mass is 471 g/mol. The van der Waals surface area contributed by atoms with Gasteiger partial charge in [-0.3, -0.25) is 4.79 Å². The Morgan fingerprint density at radius 2 is 1.64 bits per heavy atom. The number of benzene rings is 1. The molecule has 1 aliphatic heterocycles. The number of amides is 1. The van der Waals surface area contributed by atoms with Crippen LogP contribution in [0.1, 0.15) is 22.5 Å². The Morgan fingerprint density at radius 1 is 1.00 bits per heavy atom. The number of hydrogen-bond acceptors (Lipinski definition) is 4. The lowest BCUT2D eigenvalue weighted by atomic mass is 10.0. The van der Waals surface area contributed by atoms with Gasteiger partial charge in [0.25, 0.3) is 0 Å². The van der Waals surface area contributed by atoms with E-state index in [-0.39, 0.29) is 42.0 Å². The van der Waals surface area contributed by atoms with Crippen molar-refractivity contribution in [1.82, 2.24) is 24.8 Å². The highest BCUT2D eigenvalue weighted by Gasteiger charge is 2.37. The van der Waals surface area contributed by atoms with Crippen LogP contribution in [0.3, 0.4) is 0 Å². The average Bonchev–Trinajstić information content (AvgIpc) is 3.10. The van der Waals surface area contributed by atoms with Gasteiger partial charge in [-0.1, -0.05) is 0 Å². The number of carbonyl (C=O) groups is 1. The molecule has 3 heterocycles. The number of piperazine rings is 1. The zero-order valence-corrected chi connectivity index (χ0v) is 17.2. The molecule has 1 aromatic carbocycles. The van der Waals surface area contributed by atoms with E-state index in [1.807, 2.05) is 0 Å². The number of rotatable bonds is 4. The molecule has 12 heteroatoms. The molecule has 6 nitrogen and oxygen atoms in total. The topological polar surface area (TPSA) is 63.1 Å². The minimum atomic E-state index is -4.95. The van der Waals surface area contributed by atoms with Crippen molar-refractivity contribution in [2.24, 2.45) is 0 Å². The molecule has 2 aromatic heterocycles. The normalized spacial score (nSPS) is 15.3. The fourth-order valence-electron chi connectivity index (χ4n) is 3.76. The average molecular weight is 471 g/mol. The maximum atomic E-state index is 13.3. The molecule has 0 aliphatic carbocycles. The van der Waals surface area contributed by atoms with Gasteiger partial charge in [-0.2, -0.15) is 26.3 Å². The Bertz CT molecular complexity index is 1130. The number of nitrogens with one attached hydrogen (secondary N) is 1. The summed E-state index contributed by atoms with van der Waals surface area (Å²) in [7, 11) is 0. The predicted molar refractivity (Wildman–Crippen MR) is 106 cm³/mol. The molecule has 33 heavy (non-hydrogen) atoms. The van der Waals surface area contributed by atoms with Crippen LogP contribution in [-0.4, -0.2) is 51.5 Å². The summed E-state index contributed by atoms with van der Waals surface area (Å²) in [6, 6.07) is 4.65. The number of carbonyl (C=O) groups excluding carboxylic acids is 1. The van der Waals surface area contributed by atoms with Crippen LogP contribution in [0.25, 0.3) is 11.2 Å². The van der Waals surface area contributed by atoms with Crippen LogP contribution in [0.4, 0.5) is 26.3 Å². The summed E-state index contributed by atoms with van der Waals surface area (Å²) in [5, 5.41) is 3.13. The Morgan fingerprint density at radius 3 is 2.24 bits per heavy atom. The summed E-state index contributed by atoms with van der Waals surface area (Å²) < 4.78 is 81.0. The second-order valence-corrected chi connectivity index (χ2v) is 7.68. The standard InChI is InChI=1S/C21H19F6N5O/c22-20(23,24)14-8-13(9-15(10-14)21(25,26)27)12-32-17(30-16-2-1-3-29-19(16)32)11-18(33)31-6-4-28-5-7-31/h1-3,8-10,28H,4-7,11-12H2. The fourth-order valence-corrected chi connectivity index (χ4v) is 3.76. The molecule has 4 rings (SSSR count). The summed E-state index contributed by atoms with van der Waals surface area (Å²) in [6.07, 6.45) is -8.62. The molecular weight excluding hydrogens is 452 g/mol. The third-order valence-corrected chi connectivity index (χ3v) is 5.35. The van der Waals surface area contributed by atoms with Gasteiger partial charge in [0.15, 0.2) is 5.65 Å². The van der Waals surface area contributed by atoms with Crippen molar-refractivity contribution in [3.63, 3.8) is 0 Å². The van der Waals surface area contributed by atoms with Crippen molar-refractivity contribution in [1.29, 1.82) is 0 Å². The number of halogens is 6. The molecule has 0 radical (unpaired) electrons. The van der Waals surface area contributed by atoms with E-state index < -0.39 is 23.5 Å². The van der Waals surface area contributed by atoms with Crippen molar-refractivity contribution in [3.05, 3.63) is 59.0 Å². The zero-order chi connectivity index (χ0) is 23.8. The first-order valence-electron chi connectivity index (χ1n) is 10.1. The molecule has 1 fully saturated rings. The van der Waals surface area contributed by atoms with Crippen LogP contribution in [-0.2, 0) is 30.1 Å². The largest absolute Gasteiger partial charge is 0.416 e. The first-order valence-corrected chi connectivity index (χ1v) is 10.1. The minimum Gasteiger partial charge on any atom is -0.340 e. The second-order valence-electron chi connectivity index (χ2n) is 7.68. The molecule has 0 spiro atoms. The third kappa shape index (κ3) is 5.10. The molecule has 176 valence electrons. The van der Waals surface area contributed by atoms with Gasteiger partial charge in [0, 0.05) is 32.4 Å². The maximum Gasteiger partial charge on any atom is 0.416 e.